The summed E-state index contributed by atoms with van der Waals surface area (Å²) >= 11 is 2.92. The molecule has 0 bridgehead atoms. The van der Waals surface area contributed by atoms with E-state index in [-0.39, 0.29) is 5.91 Å². The summed E-state index contributed by atoms with van der Waals surface area (Å²) in [6, 6.07) is 3.70. The Bertz CT molecular complexity index is 700. The zero-order chi connectivity index (χ0) is 14.3. The van der Waals surface area contributed by atoms with E-state index in [1.165, 1.54) is 27.6 Å². The van der Waals surface area contributed by atoms with E-state index in [1.54, 1.807) is 6.07 Å². The molecule has 0 unspecified atom stereocenters. The number of fused-ring (bicyclic) bond motifs is 1. The summed E-state index contributed by atoms with van der Waals surface area (Å²) in [5.41, 5.74) is 7.00. The Kier molecular flexibility index (Phi) is 3.35. The van der Waals surface area contributed by atoms with Crippen molar-refractivity contribution < 1.29 is 9.59 Å². The lowest BCUT2D eigenvalue weighted by atomic mass is 10.1. The molecule has 3 N–H and O–H groups in total. The third kappa shape index (κ3) is 2.25. The van der Waals surface area contributed by atoms with Crippen LogP contribution in [0.4, 0.5) is 5.00 Å². The molecule has 3 rings (SSSR count). The number of hydrogen-bond donors (Lipinski definition) is 2. The Labute approximate surface area is 124 Å². The van der Waals surface area contributed by atoms with Crippen LogP contribution >= 0.6 is 22.7 Å². The van der Waals surface area contributed by atoms with Crippen LogP contribution in [0.2, 0.25) is 0 Å². The number of hydrogen-bond acceptors (Lipinski definition) is 4. The Morgan fingerprint density at radius 3 is 2.70 bits per heavy atom. The molecule has 1 aliphatic carbocycles. The van der Waals surface area contributed by atoms with E-state index >= 15 is 0 Å². The first-order valence-corrected chi connectivity index (χ1v) is 8.01. The molecular formula is C14H14N2O2S2. The highest BCUT2D eigenvalue weighted by atomic mass is 32.1. The van der Waals surface area contributed by atoms with Gasteiger partial charge in [0.25, 0.3) is 11.8 Å². The van der Waals surface area contributed by atoms with Crippen molar-refractivity contribution in [2.45, 2.75) is 26.2 Å². The average Bonchev–Trinajstić information content (AvgIpc) is 3.03. The molecule has 2 aromatic rings. The summed E-state index contributed by atoms with van der Waals surface area (Å²) in [5.74, 6) is -0.632. The van der Waals surface area contributed by atoms with Crippen LogP contribution in [0.1, 0.15) is 41.8 Å². The van der Waals surface area contributed by atoms with Crippen molar-refractivity contribution >= 4 is 39.5 Å². The molecule has 4 nitrogen and oxygen atoms in total. The molecule has 2 aromatic heterocycles. The van der Waals surface area contributed by atoms with Crippen molar-refractivity contribution in [2.24, 2.45) is 5.73 Å². The molecule has 0 saturated carbocycles. The Morgan fingerprint density at radius 2 is 2.05 bits per heavy atom. The van der Waals surface area contributed by atoms with E-state index in [0.29, 0.717) is 15.4 Å². The Balaban J connectivity index is 1.91. The van der Waals surface area contributed by atoms with Crippen LogP contribution in [0.5, 0.6) is 0 Å². The van der Waals surface area contributed by atoms with Crippen molar-refractivity contribution in [1.82, 2.24) is 0 Å². The van der Waals surface area contributed by atoms with Gasteiger partial charge in [0, 0.05) is 9.75 Å². The molecule has 2 heterocycles. The van der Waals surface area contributed by atoms with Gasteiger partial charge in [-0.2, -0.15) is 0 Å². The predicted octanol–water partition coefficient (Wildman–Crippen LogP) is 2.96. The van der Waals surface area contributed by atoms with Gasteiger partial charge in [0.05, 0.1) is 10.4 Å². The maximum atomic E-state index is 12.2. The monoisotopic (exact) mass is 306 g/mol. The molecule has 2 amide bonds. The Hall–Kier alpha value is -1.66. The van der Waals surface area contributed by atoms with Gasteiger partial charge in [0.15, 0.2) is 0 Å². The quantitative estimate of drug-likeness (QED) is 0.915. The van der Waals surface area contributed by atoms with Crippen molar-refractivity contribution in [1.29, 1.82) is 0 Å². The third-order valence-electron chi connectivity index (χ3n) is 3.36. The maximum Gasteiger partial charge on any atom is 0.266 e. The summed E-state index contributed by atoms with van der Waals surface area (Å²) in [5, 5.41) is 3.44. The first-order valence-electron chi connectivity index (χ1n) is 6.38. The van der Waals surface area contributed by atoms with Gasteiger partial charge in [0.1, 0.15) is 5.00 Å². The molecule has 104 valence electrons. The minimum Gasteiger partial charge on any atom is -0.365 e. The SMILES string of the molecule is Cc1ccc(C(=O)Nc2sc3c(c2C(N)=O)CCC3)s1. The second-order valence-electron chi connectivity index (χ2n) is 4.79. The molecule has 0 radical (unpaired) electrons. The highest BCUT2D eigenvalue weighted by Crippen LogP contribution is 2.39. The van der Waals surface area contributed by atoms with Gasteiger partial charge in [-0.15, -0.1) is 22.7 Å². The van der Waals surface area contributed by atoms with E-state index in [1.807, 2.05) is 13.0 Å². The van der Waals surface area contributed by atoms with Crippen LogP contribution in [0.25, 0.3) is 0 Å². The smallest absolute Gasteiger partial charge is 0.266 e. The second-order valence-corrected chi connectivity index (χ2v) is 7.18. The number of anilines is 1. The van der Waals surface area contributed by atoms with Crippen LogP contribution in [-0.4, -0.2) is 11.8 Å². The topological polar surface area (TPSA) is 72.2 Å². The molecule has 0 aromatic carbocycles. The maximum absolute atomic E-state index is 12.2. The van der Waals surface area contributed by atoms with Gasteiger partial charge in [-0.3, -0.25) is 9.59 Å². The normalized spacial score (nSPS) is 13.2. The fourth-order valence-corrected chi connectivity index (χ4v) is 4.53. The van der Waals surface area contributed by atoms with E-state index in [9.17, 15) is 9.59 Å². The number of primary amides is 1. The van der Waals surface area contributed by atoms with E-state index in [2.05, 4.69) is 5.32 Å². The van der Waals surface area contributed by atoms with Crippen LogP contribution in [0, 0.1) is 6.92 Å². The van der Waals surface area contributed by atoms with Crippen LogP contribution < -0.4 is 11.1 Å². The van der Waals surface area contributed by atoms with Gasteiger partial charge in [0.2, 0.25) is 0 Å². The lowest BCUT2D eigenvalue weighted by Gasteiger charge is -2.04. The summed E-state index contributed by atoms with van der Waals surface area (Å²) in [6.45, 7) is 1.95. The molecule has 20 heavy (non-hydrogen) atoms. The number of amides is 2. The van der Waals surface area contributed by atoms with Gasteiger partial charge in [-0.05, 0) is 43.9 Å². The van der Waals surface area contributed by atoms with Gasteiger partial charge in [-0.1, -0.05) is 0 Å². The molecule has 0 saturated heterocycles. The first kappa shape index (κ1) is 13.3. The molecule has 0 spiro atoms. The number of nitrogens with two attached hydrogens (primary N) is 1. The second kappa shape index (κ2) is 5.03. The van der Waals surface area contributed by atoms with E-state index in [0.717, 1.165) is 29.7 Å². The Morgan fingerprint density at radius 1 is 1.25 bits per heavy atom. The average molecular weight is 306 g/mol. The van der Waals surface area contributed by atoms with Gasteiger partial charge < -0.3 is 11.1 Å². The molecular weight excluding hydrogens is 292 g/mol. The highest BCUT2D eigenvalue weighted by molar-refractivity contribution is 7.17. The standard InChI is InChI=1S/C14H14N2O2S2/c1-7-5-6-10(19-7)13(18)16-14-11(12(15)17)8-3-2-4-9(8)20-14/h5-6H,2-4H2,1H3,(H2,15,17)(H,16,18). The molecule has 1 aliphatic rings. The van der Waals surface area contributed by atoms with E-state index < -0.39 is 5.91 Å². The summed E-state index contributed by atoms with van der Waals surface area (Å²) in [4.78, 5) is 26.7. The van der Waals surface area contributed by atoms with Gasteiger partial charge in [-0.25, -0.2) is 0 Å². The van der Waals surface area contributed by atoms with Crippen molar-refractivity contribution in [3.05, 3.63) is 37.9 Å². The zero-order valence-corrected chi connectivity index (χ0v) is 12.6. The lowest BCUT2D eigenvalue weighted by molar-refractivity contribution is 0.100. The van der Waals surface area contributed by atoms with E-state index in [4.69, 9.17) is 5.73 Å². The van der Waals surface area contributed by atoms with Crippen LogP contribution in [0.3, 0.4) is 0 Å². The fourth-order valence-electron chi connectivity index (χ4n) is 2.47. The molecule has 6 heteroatoms. The lowest BCUT2D eigenvalue weighted by Crippen LogP contribution is -2.17. The first-order chi connectivity index (χ1) is 9.56. The molecule has 0 fully saturated rings. The summed E-state index contributed by atoms with van der Waals surface area (Å²) in [7, 11) is 0. The van der Waals surface area contributed by atoms with Crippen molar-refractivity contribution in [3.8, 4) is 0 Å². The number of nitrogens with one attached hydrogen (secondary N) is 1. The summed E-state index contributed by atoms with van der Waals surface area (Å²) < 4.78 is 0. The number of rotatable bonds is 3. The largest absolute Gasteiger partial charge is 0.365 e. The highest BCUT2D eigenvalue weighted by Gasteiger charge is 2.26. The fraction of sp³-hybridized carbons (Fsp3) is 0.286. The predicted molar refractivity (Wildman–Crippen MR) is 81.9 cm³/mol. The number of carbonyl (C=O) groups excluding carboxylic acids is 2. The molecule has 0 aliphatic heterocycles. The minimum absolute atomic E-state index is 0.175. The van der Waals surface area contributed by atoms with Crippen molar-refractivity contribution in [2.75, 3.05) is 5.32 Å². The summed E-state index contributed by atoms with van der Waals surface area (Å²) in [6.07, 6.45) is 2.89. The van der Waals surface area contributed by atoms with Crippen LogP contribution in [0.15, 0.2) is 12.1 Å². The van der Waals surface area contributed by atoms with Crippen LogP contribution in [-0.2, 0) is 12.8 Å². The molecule has 0 atom stereocenters. The van der Waals surface area contributed by atoms with Gasteiger partial charge >= 0.3 is 0 Å². The number of thiophene rings is 2. The van der Waals surface area contributed by atoms with Crippen molar-refractivity contribution in [3.63, 3.8) is 0 Å². The number of carbonyl (C=O) groups is 2. The third-order valence-corrected chi connectivity index (χ3v) is 5.57. The zero-order valence-electron chi connectivity index (χ0n) is 11.0. The minimum atomic E-state index is -0.456. The number of aryl methyl sites for hydroxylation is 2.